The van der Waals surface area contributed by atoms with Gasteiger partial charge in [-0.2, -0.15) is 0 Å². The normalized spacial score (nSPS) is 15.8. The fourth-order valence-corrected chi connectivity index (χ4v) is 3.60. The first-order chi connectivity index (χ1) is 11.6. The Bertz CT molecular complexity index is 504. The van der Waals surface area contributed by atoms with Gasteiger partial charge in [0.1, 0.15) is 0 Å². The van der Waals surface area contributed by atoms with Gasteiger partial charge in [0.2, 0.25) is 0 Å². The lowest BCUT2D eigenvalue weighted by Crippen LogP contribution is -2.39. The second-order valence-corrected chi connectivity index (χ2v) is 7.05. The SMILES string of the molecule is CCN(c1ccc(C(=O)N2CCC(CCNC)CC2)cc1)C(C)C. The van der Waals surface area contributed by atoms with Crippen LogP contribution in [0.25, 0.3) is 0 Å². The van der Waals surface area contributed by atoms with Crippen LogP contribution in [0.1, 0.15) is 50.4 Å². The van der Waals surface area contributed by atoms with E-state index in [1.807, 2.05) is 24.1 Å². The molecule has 0 aromatic heterocycles. The van der Waals surface area contributed by atoms with Gasteiger partial charge in [-0.25, -0.2) is 0 Å². The minimum absolute atomic E-state index is 0.182. The highest BCUT2D eigenvalue weighted by Gasteiger charge is 2.23. The number of benzene rings is 1. The second-order valence-electron chi connectivity index (χ2n) is 7.05. The van der Waals surface area contributed by atoms with Crippen LogP contribution in [0, 0.1) is 5.92 Å². The molecular weight excluding hydrogens is 298 g/mol. The number of nitrogens with one attached hydrogen (secondary N) is 1. The van der Waals surface area contributed by atoms with Crippen LogP contribution in [0.5, 0.6) is 0 Å². The maximum Gasteiger partial charge on any atom is 0.253 e. The first kappa shape index (κ1) is 18.8. The molecule has 1 aliphatic heterocycles. The quantitative estimate of drug-likeness (QED) is 0.832. The van der Waals surface area contributed by atoms with Crippen LogP contribution in [0.2, 0.25) is 0 Å². The molecule has 0 aliphatic carbocycles. The Balaban J connectivity index is 1.93. The Kier molecular flexibility index (Phi) is 7.10. The number of piperidine rings is 1. The minimum atomic E-state index is 0.182. The molecular formula is C20H33N3O. The summed E-state index contributed by atoms with van der Waals surface area (Å²) in [6.07, 6.45) is 3.47. The number of hydrogen-bond donors (Lipinski definition) is 1. The number of anilines is 1. The third-order valence-corrected chi connectivity index (χ3v) is 5.11. The van der Waals surface area contributed by atoms with Gasteiger partial charge in [-0.3, -0.25) is 4.79 Å². The second kappa shape index (κ2) is 9.07. The third-order valence-electron chi connectivity index (χ3n) is 5.11. The number of hydrogen-bond acceptors (Lipinski definition) is 3. The van der Waals surface area contributed by atoms with Crippen molar-refractivity contribution in [2.24, 2.45) is 5.92 Å². The molecule has 1 N–H and O–H groups in total. The predicted octanol–water partition coefficient (Wildman–Crippen LogP) is 3.38. The summed E-state index contributed by atoms with van der Waals surface area (Å²) >= 11 is 0. The molecule has 0 bridgehead atoms. The summed E-state index contributed by atoms with van der Waals surface area (Å²) in [5.74, 6) is 0.939. The van der Waals surface area contributed by atoms with Gasteiger partial charge in [-0.05, 0) is 83.8 Å². The zero-order chi connectivity index (χ0) is 17.5. The van der Waals surface area contributed by atoms with Gasteiger partial charge in [0.15, 0.2) is 0 Å². The number of carbonyl (C=O) groups is 1. The highest BCUT2D eigenvalue weighted by atomic mass is 16.2. The van der Waals surface area contributed by atoms with Crippen LogP contribution in [0.4, 0.5) is 5.69 Å². The zero-order valence-electron chi connectivity index (χ0n) is 15.7. The van der Waals surface area contributed by atoms with E-state index >= 15 is 0 Å². The summed E-state index contributed by atoms with van der Waals surface area (Å²) in [4.78, 5) is 17.1. The first-order valence-corrected chi connectivity index (χ1v) is 9.37. The Morgan fingerprint density at radius 3 is 2.38 bits per heavy atom. The number of likely N-dealkylation sites (tertiary alicyclic amines) is 1. The molecule has 1 saturated heterocycles. The summed E-state index contributed by atoms with van der Waals surface area (Å²) in [6.45, 7) is 10.4. The van der Waals surface area contributed by atoms with Crippen molar-refractivity contribution in [3.8, 4) is 0 Å². The van der Waals surface area contributed by atoms with Crippen molar-refractivity contribution in [1.82, 2.24) is 10.2 Å². The summed E-state index contributed by atoms with van der Waals surface area (Å²) in [5.41, 5.74) is 2.00. The number of amides is 1. The van der Waals surface area contributed by atoms with Crippen molar-refractivity contribution < 1.29 is 4.79 Å². The predicted molar refractivity (Wildman–Crippen MR) is 102 cm³/mol. The Hall–Kier alpha value is -1.55. The van der Waals surface area contributed by atoms with Crippen LogP contribution in [0.3, 0.4) is 0 Å². The molecule has 1 amide bonds. The van der Waals surface area contributed by atoms with Gasteiger partial charge in [-0.1, -0.05) is 0 Å². The Morgan fingerprint density at radius 2 is 1.88 bits per heavy atom. The van der Waals surface area contributed by atoms with E-state index in [2.05, 4.69) is 43.1 Å². The number of rotatable bonds is 7. The maximum absolute atomic E-state index is 12.7. The number of carbonyl (C=O) groups excluding carboxylic acids is 1. The molecule has 4 heteroatoms. The monoisotopic (exact) mass is 331 g/mol. The van der Waals surface area contributed by atoms with E-state index < -0.39 is 0 Å². The van der Waals surface area contributed by atoms with Gasteiger partial charge in [0.05, 0.1) is 0 Å². The van der Waals surface area contributed by atoms with E-state index in [4.69, 9.17) is 0 Å². The van der Waals surface area contributed by atoms with Crippen molar-refractivity contribution in [2.75, 3.05) is 38.1 Å². The van der Waals surface area contributed by atoms with Gasteiger partial charge in [0.25, 0.3) is 5.91 Å². The number of nitrogens with zero attached hydrogens (tertiary/aromatic N) is 2. The topological polar surface area (TPSA) is 35.6 Å². The van der Waals surface area contributed by atoms with Gasteiger partial charge in [-0.15, -0.1) is 0 Å². The Labute approximate surface area is 147 Å². The third kappa shape index (κ3) is 4.73. The molecule has 1 heterocycles. The molecule has 24 heavy (non-hydrogen) atoms. The standard InChI is InChI=1S/C20H33N3O/c1-5-23(16(2)3)19-8-6-18(7-9-19)20(24)22-14-11-17(12-15-22)10-13-21-4/h6-9,16-17,21H,5,10-15H2,1-4H3. The summed E-state index contributed by atoms with van der Waals surface area (Å²) in [6, 6.07) is 8.59. The fraction of sp³-hybridized carbons (Fsp3) is 0.650. The van der Waals surface area contributed by atoms with E-state index in [0.717, 1.165) is 50.5 Å². The van der Waals surface area contributed by atoms with Crippen LogP contribution in [-0.4, -0.2) is 50.1 Å². The molecule has 0 saturated carbocycles. The molecule has 2 rings (SSSR count). The average Bonchev–Trinajstić information content (AvgIpc) is 2.61. The molecule has 134 valence electrons. The minimum Gasteiger partial charge on any atom is -0.369 e. The molecule has 0 atom stereocenters. The van der Waals surface area contributed by atoms with Crippen molar-refractivity contribution in [3.63, 3.8) is 0 Å². The van der Waals surface area contributed by atoms with Crippen LogP contribution in [0.15, 0.2) is 24.3 Å². The lowest BCUT2D eigenvalue weighted by atomic mass is 9.93. The van der Waals surface area contributed by atoms with Crippen molar-refractivity contribution >= 4 is 11.6 Å². The highest BCUT2D eigenvalue weighted by Crippen LogP contribution is 2.23. The fourth-order valence-electron chi connectivity index (χ4n) is 3.60. The first-order valence-electron chi connectivity index (χ1n) is 9.37. The lowest BCUT2D eigenvalue weighted by Gasteiger charge is -2.32. The van der Waals surface area contributed by atoms with Gasteiger partial charge >= 0.3 is 0 Å². The molecule has 0 radical (unpaired) electrons. The smallest absolute Gasteiger partial charge is 0.253 e. The van der Waals surface area contributed by atoms with Crippen LogP contribution in [-0.2, 0) is 0 Å². The van der Waals surface area contributed by atoms with E-state index in [1.165, 1.54) is 12.1 Å². The van der Waals surface area contributed by atoms with Crippen LogP contribution < -0.4 is 10.2 Å². The van der Waals surface area contributed by atoms with Crippen molar-refractivity contribution in [3.05, 3.63) is 29.8 Å². The summed E-state index contributed by atoms with van der Waals surface area (Å²) in [7, 11) is 2.00. The molecule has 0 unspecified atom stereocenters. The zero-order valence-corrected chi connectivity index (χ0v) is 15.7. The summed E-state index contributed by atoms with van der Waals surface area (Å²) in [5, 5.41) is 3.22. The van der Waals surface area contributed by atoms with E-state index in [9.17, 15) is 4.79 Å². The van der Waals surface area contributed by atoms with Crippen LogP contribution >= 0.6 is 0 Å². The average molecular weight is 332 g/mol. The van der Waals surface area contributed by atoms with Gasteiger partial charge in [0, 0.05) is 36.9 Å². The molecule has 1 fully saturated rings. The van der Waals surface area contributed by atoms with Gasteiger partial charge < -0.3 is 15.1 Å². The van der Waals surface area contributed by atoms with E-state index in [0.29, 0.717) is 6.04 Å². The van der Waals surface area contributed by atoms with Crippen molar-refractivity contribution in [2.45, 2.75) is 46.1 Å². The lowest BCUT2D eigenvalue weighted by molar-refractivity contribution is 0.0687. The van der Waals surface area contributed by atoms with E-state index in [-0.39, 0.29) is 5.91 Å². The molecule has 1 aromatic rings. The largest absolute Gasteiger partial charge is 0.369 e. The van der Waals surface area contributed by atoms with E-state index in [1.54, 1.807) is 0 Å². The summed E-state index contributed by atoms with van der Waals surface area (Å²) < 4.78 is 0. The molecule has 1 aliphatic rings. The maximum atomic E-state index is 12.7. The molecule has 0 spiro atoms. The Morgan fingerprint density at radius 1 is 1.25 bits per heavy atom. The highest BCUT2D eigenvalue weighted by molar-refractivity contribution is 5.94. The molecule has 1 aromatic carbocycles. The van der Waals surface area contributed by atoms with Crippen molar-refractivity contribution in [1.29, 1.82) is 0 Å². The molecule has 4 nitrogen and oxygen atoms in total.